The lowest BCUT2D eigenvalue weighted by atomic mass is 10.2. The molecule has 2 N–H and O–H groups in total. The first kappa shape index (κ1) is 21.3. The van der Waals surface area contributed by atoms with Gasteiger partial charge in [-0.3, -0.25) is 19.8 Å². The predicted octanol–water partition coefficient (Wildman–Crippen LogP) is 2.11. The summed E-state index contributed by atoms with van der Waals surface area (Å²) in [5.74, 6) is -0.437. The van der Waals surface area contributed by atoms with Crippen molar-refractivity contribution in [3.8, 4) is 5.75 Å². The van der Waals surface area contributed by atoms with Crippen molar-refractivity contribution in [3.05, 3.63) is 54.1 Å². The molecule has 0 bridgehead atoms. The fourth-order valence-electron chi connectivity index (χ4n) is 3.06. The van der Waals surface area contributed by atoms with Gasteiger partial charge in [0.15, 0.2) is 0 Å². The Morgan fingerprint density at radius 1 is 1.10 bits per heavy atom. The molecule has 0 spiro atoms. The smallest absolute Gasteiger partial charge is 0.265 e. The van der Waals surface area contributed by atoms with Crippen LogP contribution in [-0.4, -0.2) is 44.5 Å². The summed E-state index contributed by atoms with van der Waals surface area (Å²) in [6.45, 7) is 2.62. The van der Waals surface area contributed by atoms with E-state index in [1.54, 1.807) is 36.4 Å². The molecular formula is C22H26N4O4. The Morgan fingerprint density at radius 2 is 1.77 bits per heavy atom. The Hall–Kier alpha value is -3.39. The molecule has 158 valence electrons. The van der Waals surface area contributed by atoms with Crippen LogP contribution in [0.1, 0.15) is 30.1 Å². The highest BCUT2D eigenvalue weighted by Gasteiger charge is 2.39. The Kier molecular flexibility index (Phi) is 6.68. The number of benzene rings is 2. The highest BCUT2D eigenvalue weighted by atomic mass is 16.5. The van der Waals surface area contributed by atoms with E-state index in [4.69, 9.17) is 4.74 Å². The van der Waals surface area contributed by atoms with Gasteiger partial charge in [-0.1, -0.05) is 6.92 Å². The van der Waals surface area contributed by atoms with Crippen molar-refractivity contribution in [1.29, 1.82) is 0 Å². The zero-order chi connectivity index (χ0) is 21.7. The predicted molar refractivity (Wildman–Crippen MR) is 114 cm³/mol. The highest BCUT2D eigenvalue weighted by molar-refractivity contribution is 6.22. The molecule has 1 atom stereocenters. The zero-order valence-corrected chi connectivity index (χ0v) is 17.3. The van der Waals surface area contributed by atoms with Gasteiger partial charge >= 0.3 is 0 Å². The number of carbonyl (C=O) groups excluding carboxylic acids is 3. The molecule has 0 unspecified atom stereocenters. The lowest BCUT2D eigenvalue weighted by Crippen LogP contribution is -2.48. The SMILES string of the molecule is CCCOc1ccc(N2C(=O)C[C@@H](NNC(=O)c3ccc(N(C)C)cc3)C2=O)cc1. The number of carbonyl (C=O) groups is 3. The van der Waals surface area contributed by atoms with Crippen LogP contribution in [0.15, 0.2) is 48.5 Å². The first-order valence-corrected chi connectivity index (χ1v) is 9.83. The van der Waals surface area contributed by atoms with E-state index in [0.29, 0.717) is 23.6 Å². The van der Waals surface area contributed by atoms with Crippen molar-refractivity contribution in [3.63, 3.8) is 0 Å². The van der Waals surface area contributed by atoms with E-state index < -0.39 is 11.9 Å². The number of anilines is 2. The van der Waals surface area contributed by atoms with Gasteiger partial charge in [0, 0.05) is 25.3 Å². The number of nitrogens with zero attached hydrogens (tertiary/aromatic N) is 2. The van der Waals surface area contributed by atoms with E-state index in [2.05, 4.69) is 10.9 Å². The van der Waals surface area contributed by atoms with Gasteiger partial charge in [0.25, 0.3) is 11.8 Å². The van der Waals surface area contributed by atoms with Gasteiger partial charge in [-0.05, 0) is 55.0 Å². The summed E-state index contributed by atoms with van der Waals surface area (Å²) in [4.78, 5) is 40.5. The number of hydrogen-bond acceptors (Lipinski definition) is 6. The van der Waals surface area contributed by atoms with Crippen molar-refractivity contribution in [2.75, 3.05) is 30.5 Å². The second-order valence-electron chi connectivity index (χ2n) is 7.21. The number of rotatable bonds is 8. The minimum atomic E-state index is -0.821. The molecule has 0 radical (unpaired) electrons. The lowest BCUT2D eigenvalue weighted by Gasteiger charge is -2.17. The van der Waals surface area contributed by atoms with Crippen LogP contribution in [0.5, 0.6) is 5.75 Å². The summed E-state index contributed by atoms with van der Waals surface area (Å²) >= 11 is 0. The van der Waals surface area contributed by atoms with Crippen molar-refractivity contribution in [2.24, 2.45) is 0 Å². The Labute approximate surface area is 175 Å². The highest BCUT2D eigenvalue weighted by Crippen LogP contribution is 2.25. The van der Waals surface area contributed by atoms with Crippen LogP contribution >= 0.6 is 0 Å². The van der Waals surface area contributed by atoms with Gasteiger partial charge in [-0.2, -0.15) is 0 Å². The van der Waals surface area contributed by atoms with Crippen LogP contribution in [0, 0.1) is 0 Å². The second kappa shape index (κ2) is 9.41. The van der Waals surface area contributed by atoms with Crippen LogP contribution in [0.3, 0.4) is 0 Å². The average Bonchev–Trinajstić information content (AvgIpc) is 3.04. The lowest BCUT2D eigenvalue weighted by molar-refractivity contribution is -0.121. The molecule has 0 aromatic heterocycles. The Balaban J connectivity index is 1.60. The molecule has 1 saturated heterocycles. The summed E-state index contributed by atoms with van der Waals surface area (Å²) in [7, 11) is 3.83. The average molecular weight is 410 g/mol. The zero-order valence-electron chi connectivity index (χ0n) is 17.3. The molecular weight excluding hydrogens is 384 g/mol. The minimum absolute atomic E-state index is 0.0350. The normalized spacial score (nSPS) is 16.0. The van der Waals surface area contributed by atoms with Gasteiger partial charge in [0.2, 0.25) is 5.91 Å². The summed E-state index contributed by atoms with van der Waals surface area (Å²) in [5, 5.41) is 0. The molecule has 0 saturated carbocycles. The molecule has 2 aromatic carbocycles. The third kappa shape index (κ3) is 4.77. The monoisotopic (exact) mass is 410 g/mol. The van der Waals surface area contributed by atoms with Gasteiger partial charge in [0.1, 0.15) is 11.8 Å². The summed E-state index contributed by atoms with van der Waals surface area (Å²) in [6, 6.07) is 13.0. The van der Waals surface area contributed by atoms with E-state index in [0.717, 1.165) is 17.0 Å². The summed E-state index contributed by atoms with van der Waals surface area (Å²) < 4.78 is 5.52. The maximum atomic E-state index is 12.7. The van der Waals surface area contributed by atoms with Crippen LogP contribution in [0.25, 0.3) is 0 Å². The molecule has 8 nitrogen and oxygen atoms in total. The van der Waals surface area contributed by atoms with E-state index >= 15 is 0 Å². The van der Waals surface area contributed by atoms with E-state index in [1.807, 2.05) is 38.1 Å². The minimum Gasteiger partial charge on any atom is -0.494 e. The fraction of sp³-hybridized carbons (Fsp3) is 0.318. The molecule has 3 rings (SSSR count). The van der Waals surface area contributed by atoms with Crippen molar-refractivity contribution in [1.82, 2.24) is 10.9 Å². The molecule has 3 amide bonds. The standard InChI is InChI=1S/C22H26N4O4/c1-4-13-30-18-11-9-17(10-12-18)26-20(27)14-19(22(26)29)23-24-21(28)15-5-7-16(8-6-15)25(2)3/h5-12,19,23H,4,13-14H2,1-3H3,(H,24,28)/t19-/m1/s1. The van der Waals surface area contributed by atoms with Crippen molar-refractivity contribution < 1.29 is 19.1 Å². The molecule has 1 aliphatic rings. The molecule has 0 aliphatic carbocycles. The molecule has 1 aliphatic heterocycles. The van der Waals surface area contributed by atoms with Crippen molar-refractivity contribution in [2.45, 2.75) is 25.8 Å². The maximum Gasteiger partial charge on any atom is 0.265 e. The third-order valence-electron chi connectivity index (χ3n) is 4.72. The topological polar surface area (TPSA) is 91.0 Å². The fourth-order valence-corrected chi connectivity index (χ4v) is 3.06. The molecule has 1 fully saturated rings. The third-order valence-corrected chi connectivity index (χ3v) is 4.72. The van der Waals surface area contributed by atoms with Crippen LogP contribution in [0.2, 0.25) is 0 Å². The first-order valence-electron chi connectivity index (χ1n) is 9.83. The second-order valence-corrected chi connectivity index (χ2v) is 7.21. The maximum absolute atomic E-state index is 12.7. The van der Waals surface area contributed by atoms with Crippen LogP contribution in [-0.2, 0) is 9.59 Å². The number of ether oxygens (including phenoxy) is 1. The number of hydrogen-bond donors (Lipinski definition) is 2. The van der Waals surface area contributed by atoms with Gasteiger partial charge in [-0.25, -0.2) is 10.3 Å². The Bertz CT molecular complexity index is 910. The molecule has 8 heteroatoms. The van der Waals surface area contributed by atoms with E-state index in [1.165, 1.54) is 0 Å². The molecule has 2 aromatic rings. The number of nitrogens with one attached hydrogen (secondary N) is 2. The number of hydrazine groups is 1. The number of imide groups is 1. The van der Waals surface area contributed by atoms with Gasteiger partial charge < -0.3 is 9.64 Å². The molecule has 30 heavy (non-hydrogen) atoms. The molecule has 1 heterocycles. The largest absolute Gasteiger partial charge is 0.494 e. The van der Waals surface area contributed by atoms with Crippen LogP contribution < -0.4 is 25.4 Å². The van der Waals surface area contributed by atoms with Crippen LogP contribution in [0.4, 0.5) is 11.4 Å². The summed E-state index contributed by atoms with van der Waals surface area (Å²) in [5.41, 5.74) is 7.11. The van der Waals surface area contributed by atoms with E-state index in [-0.39, 0.29) is 18.2 Å². The quantitative estimate of drug-likeness (QED) is 0.512. The first-order chi connectivity index (χ1) is 14.4. The van der Waals surface area contributed by atoms with Crippen molar-refractivity contribution >= 4 is 29.1 Å². The Morgan fingerprint density at radius 3 is 2.37 bits per heavy atom. The summed E-state index contributed by atoms with van der Waals surface area (Å²) in [6.07, 6.45) is 0.858. The van der Waals surface area contributed by atoms with E-state index in [9.17, 15) is 14.4 Å². The van der Waals surface area contributed by atoms with Gasteiger partial charge in [-0.15, -0.1) is 0 Å². The number of amides is 3. The van der Waals surface area contributed by atoms with Gasteiger partial charge in [0.05, 0.1) is 18.7 Å².